The Bertz CT molecular complexity index is 1510. The van der Waals surface area contributed by atoms with Crippen molar-refractivity contribution in [1.29, 1.82) is 0 Å². The van der Waals surface area contributed by atoms with Gasteiger partial charge in [0.1, 0.15) is 0 Å². The summed E-state index contributed by atoms with van der Waals surface area (Å²) in [5.74, 6) is -1.73. The molecular formula is C35H41F4N3O5. The normalized spacial score (nSPS) is 14.6. The van der Waals surface area contributed by atoms with E-state index in [0.29, 0.717) is 31.4 Å². The second-order valence-electron chi connectivity index (χ2n) is 11.9. The maximum absolute atomic E-state index is 15.8. The molecule has 1 fully saturated rings. The Balaban J connectivity index is 0.00000192. The lowest BCUT2D eigenvalue weighted by Gasteiger charge is -2.32. The van der Waals surface area contributed by atoms with Crippen molar-refractivity contribution in [1.82, 2.24) is 10.6 Å². The smallest absolute Gasteiger partial charge is 0.416 e. The summed E-state index contributed by atoms with van der Waals surface area (Å²) >= 11 is 0. The van der Waals surface area contributed by atoms with Crippen LogP contribution in [0.2, 0.25) is 0 Å². The van der Waals surface area contributed by atoms with E-state index in [0.717, 1.165) is 29.7 Å². The largest absolute Gasteiger partial charge is 0.483 e. The van der Waals surface area contributed by atoms with Gasteiger partial charge in [-0.25, -0.2) is 4.39 Å². The van der Waals surface area contributed by atoms with Gasteiger partial charge in [0.25, 0.3) is 12.4 Å². The third kappa shape index (κ3) is 10.1. The van der Waals surface area contributed by atoms with Crippen molar-refractivity contribution in [3.8, 4) is 0 Å². The first-order valence-electron chi connectivity index (χ1n) is 15.4. The van der Waals surface area contributed by atoms with Gasteiger partial charge in [-0.2, -0.15) is 13.2 Å². The molecule has 3 aromatic carbocycles. The van der Waals surface area contributed by atoms with Crippen LogP contribution in [-0.2, 0) is 34.1 Å². The van der Waals surface area contributed by atoms with Crippen LogP contribution in [0.1, 0.15) is 72.6 Å². The van der Waals surface area contributed by atoms with Gasteiger partial charge in [-0.05, 0) is 74.1 Å². The minimum Gasteiger partial charge on any atom is -0.483 e. The summed E-state index contributed by atoms with van der Waals surface area (Å²) in [6, 6.07) is 16.4. The van der Waals surface area contributed by atoms with Crippen molar-refractivity contribution in [2.45, 2.75) is 76.7 Å². The van der Waals surface area contributed by atoms with Gasteiger partial charge < -0.3 is 25.7 Å². The number of rotatable bonds is 12. The van der Waals surface area contributed by atoms with Gasteiger partial charge in [0, 0.05) is 25.0 Å². The average molecular weight is 660 g/mol. The number of aliphatic hydroxyl groups is 1. The fourth-order valence-corrected chi connectivity index (χ4v) is 5.45. The van der Waals surface area contributed by atoms with Crippen molar-refractivity contribution >= 4 is 24.0 Å². The Morgan fingerprint density at radius 2 is 1.68 bits per heavy atom. The molecular weight excluding hydrogens is 618 g/mol. The molecule has 47 heavy (non-hydrogen) atoms. The standard InChI is InChI=1S/C34H39F4N3O3.CH2O2/c1-4-10-23-17-26(31(35)28(19-23)41-16-9-15-30(41)43)32(44)40-27(18-22-11-6-5-7-12-22)29(42)21-39-33(2,3)24-13-8-14-25(20-24)34(36,37)38;2-1-3/h5-8,11-14,17,19-20,27,29,39,42H,4,9-10,15-16,18,21H2,1-3H3,(H,40,44);1H,(H,2,3)/t27-,29+;/m0./s1. The number of hydrogen-bond donors (Lipinski definition) is 4. The molecule has 4 N–H and O–H groups in total. The van der Waals surface area contributed by atoms with Gasteiger partial charge in [0.2, 0.25) is 5.91 Å². The Morgan fingerprint density at radius 3 is 2.28 bits per heavy atom. The number of alkyl halides is 3. The number of amides is 2. The molecule has 1 aliphatic rings. The first-order valence-corrected chi connectivity index (χ1v) is 15.4. The van der Waals surface area contributed by atoms with Crippen LogP contribution in [0.15, 0.2) is 66.7 Å². The van der Waals surface area contributed by atoms with Crippen LogP contribution in [-0.4, -0.2) is 53.7 Å². The number of aliphatic hydroxyl groups excluding tert-OH is 1. The fraction of sp³-hybridized carbons (Fsp3) is 0.400. The van der Waals surface area contributed by atoms with E-state index in [-0.39, 0.29) is 36.6 Å². The van der Waals surface area contributed by atoms with Crippen LogP contribution in [0.3, 0.4) is 0 Å². The third-order valence-electron chi connectivity index (χ3n) is 8.00. The van der Waals surface area contributed by atoms with E-state index in [1.54, 1.807) is 26.0 Å². The summed E-state index contributed by atoms with van der Waals surface area (Å²) in [4.78, 5) is 35.8. The number of aryl methyl sites for hydroxylation is 1. The van der Waals surface area contributed by atoms with Gasteiger partial charge in [-0.1, -0.05) is 55.8 Å². The maximum Gasteiger partial charge on any atom is 0.416 e. The fourth-order valence-electron chi connectivity index (χ4n) is 5.45. The van der Waals surface area contributed by atoms with Crippen LogP contribution in [0, 0.1) is 5.82 Å². The summed E-state index contributed by atoms with van der Waals surface area (Å²) in [5.41, 5.74) is 0.0442. The summed E-state index contributed by atoms with van der Waals surface area (Å²) in [6.45, 7) is 5.41. The number of nitrogens with one attached hydrogen (secondary N) is 2. The molecule has 2 atom stereocenters. The molecule has 254 valence electrons. The highest BCUT2D eigenvalue weighted by Crippen LogP contribution is 2.32. The molecule has 2 amide bonds. The zero-order chi connectivity index (χ0) is 34.8. The highest BCUT2D eigenvalue weighted by molar-refractivity contribution is 6.00. The van der Waals surface area contributed by atoms with Crippen molar-refractivity contribution < 1.29 is 42.2 Å². The number of anilines is 1. The van der Waals surface area contributed by atoms with Crippen LogP contribution in [0.25, 0.3) is 0 Å². The zero-order valence-electron chi connectivity index (χ0n) is 26.6. The molecule has 0 bridgehead atoms. The van der Waals surface area contributed by atoms with E-state index < -0.39 is 41.1 Å². The topological polar surface area (TPSA) is 119 Å². The number of nitrogens with zero attached hydrogens (tertiary/aromatic N) is 1. The Labute approximate surface area is 271 Å². The first-order chi connectivity index (χ1) is 22.2. The number of halogens is 4. The molecule has 1 heterocycles. The lowest BCUT2D eigenvalue weighted by molar-refractivity contribution is -0.137. The summed E-state index contributed by atoms with van der Waals surface area (Å²) in [5, 5.41) is 24.2. The monoisotopic (exact) mass is 659 g/mol. The molecule has 1 saturated heterocycles. The highest BCUT2D eigenvalue weighted by atomic mass is 19.4. The number of carbonyl (C=O) groups is 3. The molecule has 0 saturated carbocycles. The third-order valence-corrected chi connectivity index (χ3v) is 8.00. The molecule has 12 heteroatoms. The maximum atomic E-state index is 15.8. The predicted octanol–water partition coefficient (Wildman–Crippen LogP) is 5.85. The quantitative estimate of drug-likeness (QED) is 0.143. The van der Waals surface area contributed by atoms with Crippen LogP contribution >= 0.6 is 0 Å². The highest BCUT2D eigenvalue weighted by Gasteiger charge is 2.33. The Hall–Kier alpha value is -4.29. The Morgan fingerprint density at radius 1 is 1.02 bits per heavy atom. The lowest BCUT2D eigenvalue weighted by atomic mass is 9.92. The van der Waals surface area contributed by atoms with Crippen LogP contribution in [0.5, 0.6) is 0 Å². The van der Waals surface area contributed by atoms with Crippen LogP contribution < -0.4 is 15.5 Å². The molecule has 0 unspecified atom stereocenters. The molecule has 3 aromatic rings. The van der Waals surface area contributed by atoms with Gasteiger partial charge in [0.05, 0.1) is 29.0 Å². The van der Waals surface area contributed by atoms with Crippen molar-refractivity contribution in [3.05, 3.63) is 100 Å². The molecule has 8 nitrogen and oxygen atoms in total. The lowest BCUT2D eigenvalue weighted by Crippen LogP contribution is -2.51. The molecule has 0 spiro atoms. The van der Waals surface area contributed by atoms with Gasteiger partial charge >= 0.3 is 6.18 Å². The number of benzene rings is 3. The minimum absolute atomic E-state index is 0.0765. The van der Waals surface area contributed by atoms with Crippen molar-refractivity contribution in [3.63, 3.8) is 0 Å². The number of carboxylic acid groups (broad SMARTS) is 1. The van der Waals surface area contributed by atoms with E-state index in [2.05, 4.69) is 10.6 Å². The first kappa shape index (κ1) is 37.2. The second kappa shape index (κ2) is 16.5. The van der Waals surface area contributed by atoms with E-state index in [9.17, 15) is 27.9 Å². The Kier molecular flexibility index (Phi) is 13.1. The average Bonchev–Trinajstić information content (AvgIpc) is 3.46. The van der Waals surface area contributed by atoms with Gasteiger partial charge in [0.15, 0.2) is 5.82 Å². The van der Waals surface area contributed by atoms with E-state index >= 15 is 4.39 Å². The van der Waals surface area contributed by atoms with E-state index in [4.69, 9.17) is 9.90 Å². The SMILES string of the molecule is CCCc1cc(C(=O)N[C@@H](Cc2ccccc2)[C@H](O)CNC(C)(C)c2cccc(C(F)(F)F)c2)c(F)c(N2CCCC2=O)c1.O=CO. The number of hydrogen-bond acceptors (Lipinski definition) is 5. The summed E-state index contributed by atoms with van der Waals surface area (Å²) in [7, 11) is 0. The number of carbonyl (C=O) groups excluding carboxylic acids is 2. The van der Waals surface area contributed by atoms with Crippen molar-refractivity contribution in [2.24, 2.45) is 0 Å². The molecule has 1 aliphatic heterocycles. The van der Waals surface area contributed by atoms with Gasteiger partial charge in [-0.15, -0.1) is 0 Å². The molecule has 0 aliphatic carbocycles. The zero-order valence-corrected chi connectivity index (χ0v) is 26.6. The van der Waals surface area contributed by atoms with Crippen LogP contribution in [0.4, 0.5) is 23.2 Å². The van der Waals surface area contributed by atoms with Crippen molar-refractivity contribution in [2.75, 3.05) is 18.0 Å². The second-order valence-corrected chi connectivity index (χ2v) is 11.9. The summed E-state index contributed by atoms with van der Waals surface area (Å²) in [6.07, 6.45) is -3.22. The molecule has 0 radical (unpaired) electrons. The predicted molar refractivity (Wildman–Crippen MR) is 171 cm³/mol. The van der Waals surface area contributed by atoms with Gasteiger partial charge in [-0.3, -0.25) is 14.4 Å². The molecule has 0 aromatic heterocycles. The summed E-state index contributed by atoms with van der Waals surface area (Å²) < 4.78 is 55.8. The molecule has 4 rings (SSSR count). The van der Waals surface area contributed by atoms with E-state index in [1.807, 2.05) is 37.3 Å². The van der Waals surface area contributed by atoms with E-state index in [1.165, 1.54) is 17.0 Å². The minimum atomic E-state index is -4.50.